The molecular formula is C19H16N2O3. The van der Waals surface area contributed by atoms with Crippen LogP contribution < -0.4 is 15.2 Å². The molecule has 0 bridgehead atoms. The van der Waals surface area contributed by atoms with Gasteiger partial charge >= 0.3 is 5.97 Å². The summed E-state index contributed by atoms with van der Waals surface area (Å²) in [7, 11) is 1.57. The summed E-state index contributed by atoms with van der Waals surface area (Å²) in [6.45, 7) is 0. The minimum absolute atomic E-state index is 0.0203. The number of hydrogen-bond acceptors (Lipinski definition) is 4. The largest absolute Gasteiger partial charge is 0.497 e. The Bertz CT molecular complexity index is 918. The Morgan fingerprint density at radius 2 is 1.46 bits per heavy atom. The van der Waals surface area contributed by atoms with Gasteiger partial charge in [0, 0.05) is 5.56 Å². The lowest BCUT2D eigenvalue weighted by atomic mass is 10.1. The molecule has 0 aliphatic heterocycles. The second-order valence-corrected chi connectivity index (χ2v) is 5.26. The van der Waals surface area contributed by atoms with Gasteiger partial charge < -0.3 is 15.2 Å². The first-order chi connectivity index (χ1) is 11.6. The van der Waals surface area contributed by atoms with E-state index in [0.717, 1.165) is 10.8 Å². The standard InChI is InChI=1S/C19H16N2O3/c1-23-16-7-4-12(5-8-16)19(22)24-17-9-6-13-10-15(18(20)21)3-2-14(13)11-17/h2-11H,1H3,(H3,20,21). The molecule has 24 heavy (non-hydrogen) atoms. The smallest absolute Gasteiger partial charge is 0.343 e. The molecule has 0 unspecified atom stereocenters. The van der Waals surface area contributed by atoms with Crippen molar-refractivity contribution < 1.29 is 14.3 Å². The van der Waals surface area contributed by atoms with E-state index in [2.05, 4.69) is 0 Å². The number of ether oxygens (including phenoxy) is 2. The van der Waals surface area contributed by atoms with E-state index in [4.69, 9.17) is 20.6 Å². The Morgan fingerprint density at radius 3 is 2.12 bits per heavy atom. The summed E-state index contributed by atoms with van der Waals surface area (Å²) in [5, 5.41) is 9.29. The number of amidine groups is 1. The van der Waals surface area contributed by atoms with Crippen molar-refractivity contribution in [3.8, 4) is 11.5 Å². The topological polar surface area (TPSA) is 85.4 Å². The lowest BCUT2D eigenvalue weighted by molar-refractivity contribution is 0.0735. The predicted octanol–water partition coefficient (Wildman–Crippen LogP) is 3.35. The minimum Gasteiger partial charge on any atom is -0.497 e. The predicted molar refractivity (Wildman–Crippen MR) is 92.9 cm³/mol. The third-order valence-electron chi connectivity index (χ3n) is 3.66. The first-order valence-corrected chi connectivity index (χ1v) is 7.31. The van der Waals surface area contributed by atoms with Crippen LogP contribution in [0.25, 0.3) is 10.8 Å². The van der Waals surface area contributed by atoms with Crippen molar-refractivity contribution in [2.75, 3.05) is 7.11 Å². The normalized spacial score (nSPS) is 10.4. The SMILES string of the molecule is COc1ccc(C(=O)Oc2ccc3cc(C(=N)N)ccc3c2)cc1. The molecule has 0 saturated carbocycles. The van der Waals surface area contributed by atoms with Crippen molar-refractivity contribution in [1.29, 1.82) is 5.41 Å². The quantitative estimate of drug-likeness (QED) is 0.334. The molecule has 3 aromatic carbocycles. The maximum atomic E-state index is 12.2. The zero-order chi connectivity index (χ0) is 17.1. The van der Waals surface area contributed by atoms with Crippen LogP contribution >= 0.6 is 0 Å². The molecule has 120 valence electrons. The van der Waals surface area contributed by atoms with Gasteiger partial charge in [0.05, 0.1) is 12.7 Å². The fourth-order valence-electron chi connectivity index (χ4n) is 2.35. The number of esters is 1. The van der Waals surface area contributed by atoms with Crippen molar-refractivity contribution in [3.63, 3.8) is 0 Å². The van der Waals surface area contributed by atoms with Gasteiger partial charge in [-0.25, -0.2) is 4.79 Å². The van der Waals surface area contributed by atoms with Crippen molar-refractivity contribution in [1.82, 2.24) is 0 Å². The highest BCUT2D eigenvalue weighted by Crippen LogP contribution is 2.23. The number of hydrogen-bond donors (Lipinski definition) is 2. The second kappa shape index (κ2) is 6.42. The van der Waals surface area contributed by atoms with E-state index < -0.39 is 5.97 Å². The van der Waals surface area contributed by atoms with Gasteiger partial charge in [0.2, 0.25) is 0 Å². The second-order valence-electron chi connectivity index (χ2n) is 5.26. The van der Waals surface area contributed by atoms with Gasteiger partial charge in [-0.05, 0) is 53.2 Å². The van der Waals surface area contributed by atoms with Crippen LogP contribution in [0.1, 0.15) is 15.9 Å². The van der Waals surface area contributed by atoms with Crippen LogP contribution in [-0.4, -0.2) is 18.9 Å². The van der Waals surface area contributed by atoms with Gasteiger partial charge in [0.25, 0.3) is 0 Å². The molecule has 0 aliphatic carbocycles. The highest BCUT2D eigenvalue weighted by atomic mass is 16.5. The zero-order valence-corrected chi connectivity index (χ0v) is 13.1. The van der Waals surface area contributed by atoms with Crippen LogP contribution in [-0.2, 0) is 0 Å². The molecule has 5 nitrogen and oxygen atoms in total. The third-order valence-corrected chi connectivity index (χ3v) is 3.66. The van der Waals surface area contributed by atoms with Crippen molar-refractivity contribution >= 4 is 22.6 Å². The number of rotatable bonds is 4. The Morgan fingerprint density at radius 1 is 0.875 bits per heavy atom. The number of nitrogens with two attached hydrogens (primary N) is 1. The van der Waals surface area contributed by atoms with Gasteiger partial charge in [-0.15, -0.1) is 0 Å². The van der Waals surface area contributed by atoms with Gasteiger partial charge in [-0.1, -0.05) is 18.2 Å². The summed E-state index contributed by atoms with van der Waals surface area (Å²) in [5.41, 5.74) is 6.60. The van der Waals surface area contributed by atoms with Crippen LogP contribution in [0, 0.1) is 5.41 Å². The van der Waals surface area contributed by atoms with E-state index in [-0.39, 0.29) is 5.84 Å². The number of carbonyl (C=O) groups is 1. The molecule has 0 radical (unpaired) electrons. The highest BCUT2D eigenvalue weighted by molar-refractivity contribution is 5.99. The van der Waals surface area contributed by atoms with Crippen molar-refractivity contribution in [2.45, 2.75) is 0 Å². The molecule has 0 amide bonds. The number of nitrogen functional groups attached to an aromatic ring is 1. The van der Waals surface area contributed by atoms with Gasteiger partial charge in [0.1, 0.15) is 17.3 Å². The molecule has 3 aromatic rings. The Labute approximate surface area is 139 Å². The molecule has 0 fully saturated rings. The van der Waals surface area contributed by atoms with E-state index in [0.29, 0.717) is 22.6 Å². The van der Waals surface area contributed by atoms with E-state index in [1.54, 1.807) is 49.6 Å². The summed E-state index contributed by atoms with van der Waals surface area (Å²) < 4.78 is 10.5. The zero-order valence-electron chi connectivity index (χ0n) is 13.1. The molecule has 0 spiro atoms. The Balaban J connectivity index is 1.82. The fraction of sp³-hybridized carbons (Fsp3) is 0.0526. The number of benzene rings is 3. The van der Waals surface area contributed by atoms with Crippen molar-refractivity contribution in [3.05, 3.63) is 71.8 Å². The van der Waals surface area contributed by atoms with Crippen molar-refractivity contribution in [2.24, 2.45) is 5.73 Å². The average Bonchev–Trinajstić information content (AvgIpc) is 2.61. The molecule has 3 N–H and O–H groups in total. The monoisotopic (exact) mass is 320 g/mol. The van der Waals surface area contributed by atoms with Gasteiger partial charge in [0.15, 0.2) is 0 Å². The maximum Gasteiger partial charge on any atom is 0.343 e. The van der Waals surface area contributed by atoms with E-state index in [1.807, 2.05) is 18.2 Å². The van der Waals surface area contributed by atoms with Gasteiger partial charge in [-0.2, -0.15) is 0 Å². The summed E-state index contributed by atoms with van der Waals surface area (Å²) >= 11 is 0. The van der Waals surface area contributed by atoms with E-state index in [1.165, 1.54) is 0 Å². The summed E-state index contributed by atoms with van der Waals surface area (Å²) in [6.07, 6.45) is 0. The number of methoxy groups -OCH3 is 1. The van der Waals surface area contributed by atoms with Crippen LogP contribution in [0.3, 0.4) is 0 Å². The van der Waals surface area contributed by atoms with Crippen LogP contribution in [0.2, 0.25) is 0 Å². The molecule has 0 heterocycles. The van der Waals surface area contributed by atoms with Crippen LogP contribution in [0.4, 0.5) is 0 Å². The molecule has 0 saturated heterocycles. The fourth-order valence-corrected chi connectivity index (χ4v) is 2.35. The molecular weight excluding hydrogens is 304 g/mol. The Kier molecular flexibility index (Phi) is 4.16. The minimum atomic E-state index is -0.433. The lowest BCUT2D eigenvalue weighted by Crippen LogP contribution is -2.10. The van der Waals surface area contributed by atoms with Crippen LogP contribution in [0.15, 0.2) is 60.7 Å². The average molecular weight is 320 g/mol. The van der Waals surface area contributed by atoms with Crippen LogP contribution in [0.5, 0.6) is 11.5 Å². The molecule has 0 atom stereocenters. The Hall–Kier alpha value is -3.34. The van der Waals surface area contributed by atoms with E-state index >= 15 is 0 Å². The summed E-state index contributed by atoms with van der Waals surface area (Å²) in [5.74, 6) is 0.724. The molecule has 5 heteroatoms. The lowest BCUT2D eigenvalue weighted by Gasteiger charge is -2.07. The number of nitrogens with one attached hydrogen (secondary N) is 1. The maximum absolute atomic E-state index is 12.2. The van der Waals surface area contributed by atoms with E-state index in [9.17, 15) is 4.79 Å². The summed E-state index contributed by atoms with van der Waals surface area (Å²) in [6, 6.07) is 17.5. The first-order valence-electron chi connectivity index (χ1n) is 7.31. The first kappa shape index (κ1) is 15.6. The molecule has 3 rings (SSSR count). The highest BCUT2D eigenvalue weighted by Gasteiger charge is 2.09. The number of fused-ring (bicyclic) bond motifs is 1. The molecule has 0 aromatic heterocycles. The summed E-state index contributed by atoms with van der Waals surface area (Å²) in [4.78, 5) is 12.2. The number of carbonyl (C=O) groups excluding carboxylic acids is 1. The molecule has 0 aliphatic rings. The third kappa shape index (κ3) is 3.20. The van der Waals surface area contributed by atoms with Gasteiger partial charge in [-0.3, -0.25) is 5.41 Å².